The number of carboxylic acids is 1. The summed E-state index contributed by atoms with van der Waals surface area (Å²) < 4.78 is 14.2. The van der Waals surface area contributed by atoms with Crippen molar-refractivity contribution in [2.75, 3.05) is 0 Å². The van der Waals surface area contributed by atoms with Crippen LogP contribution in [0.5, 0.6) is 0 Å². The summed E-state index contributed by atoms with van der Waals surface area (Å²) in [5, 5.41) is 8.79. The van der Waals surface area contributed by atoms with Crippen LogP contribution in [0.3, 0.4) is 0 Å². The van der Waals surface area contributed by atoms with E-state index in [2.05, 4.69) is 4.98 Å². The smallest absolute Gasteiger partial charge is 0.342 e. The largest absolute Gasteiger partial charge is 0.477 e. The molecule has 0 fully saturated rings. The number of hydrogen-bond donors (Lipinski definition) is 1. The molecule has 2 rings (SSSR count). The quantitative estimate of drug-likeness (QED) is 0.883. The molecule has 1 aromatic carbocycles. The fourth-order valence-electron chi connectivity index (χ4n) is 1.48. The van der Waals surface area contributed by atoms with Crippen LogP contribution in [0, 0.1) is 5.82 Å². The number of carboxylic acid groups (broad SMARTS) is 1. The Balaban J connectivity index is 2.30. The molecule has 0 atom stereocenters. The van der Waals surface area contributed by atoms with Crippen LogP contribution in [0.1, 0.15) is 15.9 Å². The second-order valence-corrected chi connectivity index (χ2v) is 3.70. The third-order valence-electron chi connectivity index (χ3n) is 2.36. The summed E-state index contributed by atoms with van der Waals surface area (Å²) in [6.45, 7) is 0.313. The van der Waals surface area contributed by atoms with Crippen LogP contribution in [-0.2, 0) is 6.54 Å². The van der Waals surface area contributed by atoms with Gasteiger partial charge in [0.25, 0.3) is 5.56 Å². The van der Waals surface area contributed by atoms with Crippen molar-refractivity contribution in [1.29, 1.82) is 0 Å². The van der Waals surface area contributed by atoms with Gasteiger partial charge in [-0.3, -0.25) is 4.79 Å². The van der Waals surface area contributed by atoms with Gasteiger partial charge in [0.15, 0.2) is 0 Å². The summed E-state index contributed by atoms with van der Waals surface area (Å²) in [5.74, 6) is -1.66. The van der Waals surface area contributed by atoms with Crippen molar-refractivity contribution in [3.8, 4) is 0 Å². The number of halogens is 1. The number of benzene rings is 1. The van der Waals surface area contributed by atoms with E-state index in [1.807, 2.05) is 0 Å². The van der Waals surface area contributed by atoms with E-state index in [0.29, 0.717) is 6.54 Å². The van der Waals surface area contributed by atoms with E-state index in [9.17, 15) is 14.0 Å². The van der Waals surface area contributed by atoms with E-state index >= 15 is 0 Å². The van der Waals surface area contributed by atoms with Gasteiger partial charge < -0.3 is 9.67 Å². The molecule has 0 aliphatic carbocycles. The Kier molecular flexibility index (Phi) is 3.18. The summed E-state index contributed by atoms with van der Waals surface area (Å²) in [7, 11) is 0. The monoisotopic (exact) mass is 248 g/mol. The number of aromatic carboxylic acids is 1. The van der Waals surface area contributed by atoms with Gasteiger partial charge >= 0.3 is 5.97 Å². The molecule has 0 spiro atoms. The number of nitrogens with zero attached hydrogens (tertiary/aromatic N) is 2. The Morgan fingerprint density at radius 2 is 2.00 bits per heavy atom. The minimum absolute atomic E-state index is 0.313. The molecule has 0 saturated carbocycles. The molecule has 1 heterocycles. The van der Waals surface area contributed by atoms with Crippen LogP contribution in [0.2, 0.25) is 0 Å². The van der Waals surface area contributed by atoms with Crippen molar-refractivity contribution in [1.82, 2.24) is 9.55 Å². The molecule has 0 radical (unpaired) electrons. The highest BCUT2D eigenvalue weighted by Crippen LogP contribution is 2.05. The molecule has 92 valence electrons. The van der Waals surface area contributed by atoms with Crippen LogP contribution >= 0.6 is 0 Å². The highest BCUT2D eigenvalue weighted by Gasteiger charge is 2.09. The van der Waals surface area contributed by atoms with Gasteiger partial charge in [0.1, 0.15) is 11.4 Å². The van der Waals surface area contributed by atoms with Gasteiger partial charge in [-0.15, -0.1) is 0 Å². The van der Waals surface area contributed by atoms with Gasteiger partial charge in [-0.2, -0.15) is 4.98 Å². The van der Waals surface area contributed by atoms with E-state index in [1.165, 1.54) is 29.2 Å². The first kappa shape index (κ1) is 12.0. The zero-order valence-electron chi connectivity index (χ0n) is 9.21. The molecule has 1 N–H and O–H groups in total. The molecule has 2 aromatic rings. The fourth-order valence-corrected chi connectivity index (χ4v) is 1.48. The Morgan fingerprint density at radius 3 is 2.61 bits per heavy atom. The van der Waals surface area contributed by atoms with Crippen LogP contribution < -0.4 is 5.56 Å². The Hall–Kier alpha value is -2.50. The fraction of sp³-hybridized carbons (Fsp3) is 0.0833. The molecule has 0 unspecified atom stereocenters. The molecule has 0 aliphatic rings. The summed E-state index contributed by atoms with van der Waals surface area (Å²) in [6, 6.07) is 5.77. The second kappa shape index (κ2) is 4.79. The first-order valence-electron chi connectivity index (χ1n) is 5.10. The van der Waals surface area contributed by atoms with Gasteiger partial charge in [0.05, 0.1) is 6.33 Å². The number of carbonyl (C=O) groups is 1. The maximum Gasteiger partial charge on any atom is 0.342 e. The predicted octanol–water partition coefficient (Wildman–Crippen LogP) is 1.13. The van der Waals surface area contributed by atoms with Crippen LogP contribution in [0.4, 0.5) is 4.39 Å². The maximum atomic E-state index is 12.7. The van der Waals surface area contributed by atoms with Gasteiger partial charge in [0, 0.05) is 12.7 Å². The van der Waals surface area contributed by atoms with E-state index in [-0.39, 0.29) is 11.4 Å². The Bertz CT molecular complexity index is 635. The van der Waals surface area contributed by atoms with E-state index in [0.717, 1.165) is 5.56 Å². The zero-order chi connectivity index (χ0) is 13.1. The molecule has 0 amide bonds. The highest BCUT2D eigenvalue weighted by atomic mass is 19.1. The lowest BCUT2D eigenvalue weighted by Gasteiger charge is -2.06. The number of rotatable bonds is 3. The second-order valence-electron chi connectivity index (χ2n) is 3.70. The van der Waals surface area contributed by atoms with Crippen molar-refractivity contribution in [3.63, 3.8) is 0 Å². The lowest BCUT2D eigenvalue weighted by Crippen LogP contribution is -2.20. The number of hydrogen-bond acceptors (Lipinski definition) is 3. The van der Waals surface area contributed by atoms with Gasteiger partial charge in [-0.1, -0.05) is 12.1 Å². The normalized spacial score (nSPS) is 10.3. The first-order valence-corrected chi connectivity index (χ1v) is 5.10. The molecule has 0 aliphatic heterocycles. The average Bonchev–Trinajstić information content (AvgIpc) is 2.34. The minimum Gasteiger partial charge on any atom is -0.477 e. The first-order chi connectivity index (χ1) is 8.56. The standard InChI is InChI=1S/C12H9FN2O3/c13-9-3-1-8(2-4-9)5-15-6-10(12(17)18)11(16)14-7-15/h1-4,6-7H,5H2,(H,17,18). The van der Waals surface area contributed by atoms with Crippen LogP contribution in [-0.4, -0.2) is 20.6 Å². The average molecular weight is 248 g/mol. The molecule has 5 nitrogen and oxygen atoms in total. The van der Waals surface area contributed by atoms with Crippen molar-refractivity contribution in [3.05, 3.63) is 64.1 Å². The topological polar surface area (TPSA) is 72.2 Å². The highest BCUT2D eigenvalue weighted by molar-refractivity contribution is 5.86. The zero-order valence-corrected chi connectivity index (χ0v) is 9.21. The molecule has 0 saturated heterocycles. The van der Waals surface area contributed by atoms with E-state index in [1.54, 1.807) is 12.1 Å². The lowest BCUT2D eigenvalue weighted by atomic mass is 10.2. The molecular weight excluding hydrogens is 239 g/mol. The van der Waals surface area contributed by atoms with Crippen molar-refractivity contribution >= 4 is 5.97 Å². The summed E-state index contributed by atoms with van der Waals surface area (Å²) >= 11 is 0. The van der Waals surface area contributed by atoms with Gasteiger partial charge in [-0.25, -0.2) is 9.18 Å². The van der Waals surface area contributed by atoms with Crippen molar-refractivity contribution in [2.45, 2.75) is 6.54 Å². The lowest BCUT2D eigenvalue weighted by molar-refractivity contribution is 0.0694. The van der Waals surface area contributed by atoms with Crippen molar-refractivity contribution in [2.24, 2.45) is 0 Å². The minimum atomic E-state index is -1.32. The Labute approximate surface area is 101 Å². The van der Waals surface area contributed by atoms with Crippen LogP contribution in [0.25, 0.3) is 0 Å². The third kappa shape index (κ3) is 2.60. The maximum absolute atomic E-state index is 12.7. The summed E-state index contributed by atoms with van der Waals surface area (Å²) in [6.07, 6.45) is 2.46. The molecule has 18 heavy (non-hydrogen) atoms. The summed E-state index contributed by atoms with van der Waals surface area (Å²) in [4.78, 5) is 25.4. The number of aromatic nitrogens is 2. The Morgan fingerprint density at radius 1 is 1.33 bits per heavy atom. The SMILES string of the molecule is O=C(O)c1cn(Cc2ccc(F)cc2)cnc1=O. The van der Waals surface area contributed by atoms with Crippen molar-refractivity contribution < 1.29 is 14.3 Å². The van der Waals surface area contributed by atoms with Gasteiger partial charge in [0.2, 0.25) is 0 Å². The molecule has 6 heteroatoms. The van der Waals surface area contributed by atoms with Crippen LogP contribution in [0.15, 0.2) is 41.6 Å². The van der Waals surface area contributed by atoms with E-state index < -0.39 is 11.5 Å². The molecular formula is C12H9FN2O3. The summed E-state index contributed by atoms with van der Waals surface area (Å²) in [5.41, 5.74) is -0.393. The van der Waals surface area contributed by atoms with Gasteiger partial charge in [-0.05, 0) is 17.7 Å². The molecule has 0 bridgehead atoms. The molecule has 1 aromatic heterocycles. The predicted molar refractivity (Wildman–Crippen MR) is 61.0 cm³/mol. The third-order valence-corrected chi connectivity index (χ3v) is 2.36. The van der Waals surface area contributed by atoms with E-state index in [4.69, 9.17) is 5.11 Å².